The second-order valence-corrected chi connectivity index (χ2v) is 5.00. The van der Waals surface area contributed by atoms with Gasteiger partial charge in [-0.05, 0) is 15.9 Å². The first kappa shape index (κ1) is 13.6. The standard InChI is InChI=1S/C9H6BrFN4O3S/c10-4-1-7(15(16)17)8(2-5(4)11)18-3-6-9(12)19-14-13-6/h1-2H,3,12H2. The largest absolute Gasteiger partial charge is 0.480 e. The average Bonchev–Trinajstić information content (AvgIpc) is 2.75. The average molecular weight is 349 g/mol. The fourth-order valence-electron chi connectivity index (χ4n) is 1.24. The third-order valence-corrected chi connectivity index (χ3v) is 3.35. The molecule has 2 rings (SSSR count). The van der Waals surface area contributed by atoms with Crippen LogP contribution in [0.2, 0.25) is 0 Å². The van der Waals surface area contributed by atoms with Crippen molar-refractivity contribution in [1.29, 1.82) is 0 Å². The first-order valence-electron chi connectivity index (χ1n) is 4.82. The summed E-state index contributed by atoms with van der Waals surface area (Å²) in [5, 5.41) is 14.9. The van der Waals surface area contributed by atoms with Crippen LogP contribution in [0, 0.1) is 15.9 Å². The number of rotatable bonds is 4. The number of aromatic nitrogens is 2. The van der Waals surface area contributed by atoms with Gasteiger partial charge in [0.1, 0.15) is 23.1 Å². The molecule has 0 bridgehead atoms. The summed E-state index contributed by atoms with van der Waals surface area (Å²) in [5.74, 6) is -0.858. The van der Waals surface area contributed by atoms with Crippen LogP contribution in [0.1, 0.15) is 5.69 Å². The van der Waals surface area contributed by atoms with Gasteiger partial charge in [-0.1, -0.05) is 4.49 Å². The Bertz CT molecular complexity index is 636. The molecule has 1 heterocycles. The van der Waals surface area contributed by atoms with Gasteiger partial charge in [-0.2, -0.15) is 0 Å². The van der Waals surface area contributed by atoms with Gasteiger partial charge < -0.3 is 10.5 Å². The molecule has 0 saturated carbocycles. The lowest BCUT2D eigenvalue weighted by atomic mass is 10.3. The Morgan fingerprint density at radius 2 is 2.32 bits per heavy atom. The SMILES string of the molecule is Nc1snnc1COc1cc(F)c(Br)cc1[N+](=O)[O-]. The number of ether oxygens (including phenoxy) is 1. The van der Waals surface area contributed by atoms with E-state index in [1.54, 1.807) is 0 Å². The van der Waals surface area contributed by atoms with Gasteiger partial charge in [0.25, 0.3) is 0 Å². The maximum absolute atomic E-state index is 13.4. The van der Waals surface area contributed by atoms with Crippen molar-refractivity contribution in [3.8, 4) is 5.75 Å². The van der Waals surface area contributed by atoms with Crippen LogP contribution in [0.5, 0.6) is 5.75 Å². The van der Waals surface area contributed by atoms with E-state index in [0.29, 0.717) is 10.7 Å². The van der Waals surface area contributed by atoms with Crippen molar-refractivity contribution in [2.45, 2.75) is 6.61 Å². The predicted molar refractivity (Wildman–Crippen MR) is 69.4 cm³/mol. The fourth-order valence-corrected chi connectivity index (χ4v) is 2.00. The van der Waals surface area contributed by atoms with Crippen molar-refractivity contribution in [3.63, 3.8) is 0 Å². The maximum Gasteiger partial charge on any atom is 0.312 e. The molecule has 0 aliphatic rings. The molecular weight excluding hydrogens is 343 g/mol. The number of nitro benzene ring substituents is 1. The summed E-state index contributed by atoms with van der Waals surface area (Å²) in [4.78, 5) is 10.2. The molecule has 2 aromatic rings. The van der Waals surface area contributed by atoms with Crippen molar-refractivity contribution in [2.75, 3.05) is 5.73 Å². The van der Waals surface area contributed by atoms with Gasteiger partial charge in [0.15, 0.2) is 0 Å². The van der Waals surface area contributed by atoms with Crippen LogP contribution >= 0.6 is 27.5 Å². The molecule has 100 valence electrons. The summed E-state index contributed by atoms with van der Waals surface area (Å²) in [7, 11) is 0. The van der Waals surface area contributed by atoms with Crippen LogP contribution in [0.3, 0.4) is 0 Å². The van der Waals surface area contributed by atoms with Gasteiger partial charge >= 0.3 is 5.69 Å². The maximum atomic E-state index is 13.4. The van der Waals surface area contributed by atoms with Crippen LogP contribution in [0.25, 0.3) is 0 Å². The number of hydrogen-bond acceptors (Lipinski definition) is 7. The summed E-state index contributed by atoms with van der Waals surface area (Å²) < 4.78 is 22.1. The molecule has 0 aliphatic carbocycles. The van der Waals surface area contributed by atoms with Crippen molar-refractivity contribution >= 4 is 38.2 Å². The highest BCUT2D eigenvalue weighted by atomic mass is 79.9. The van der Waals surface area contributed by atoms with Crippen LogP contribution in [0.15, 0.2) is 16.6 Å². The topological polar surface area (TPSA) is 104 Å². The molecule has 0 amide bonds. The lowest BCUT2D eigenvalue weighted by molar-refractivity contribution is -0.386. The predicted octanol–water partition coefficient (Wildman–Crippen LogP) is 2.51. The number of benzene rings is 1. The van der Waals surface area contributed by atoms with Gasteiger partial charge in [0, 0.05) is 23.7 Å². The van der Waals surface area contributed by atoms with E-state index in [1.807, 2.05) is 0 Å². The van der Waals surface area contributed by atoms with Crippen LogP contribution < -0.4 is 10.5 Å². The van der Waals surface area contributed by atoms with Crippen molar-refractivity contribution < 1.29 is 14.1 Å². The van der Waals surface area contributed by atoms with E-state index in [2.05, 4.69) is 25.5 Å². The molecule has 0 atom stereocenters. The second kappa shape index (κ2) is 5.45. The van der Waals surface area contributed by atoms with E-state index in [0.717, 1.165) is 23.7 Å². The van der Waals surface area contributed by atoms with Crippen LogP contribution in [0.4, 0.5) is 15.1 Å². The van der Waals surface area contributed by atoms with Crippen molar-refractivity contribution in [1.82, 2.24) is 9.59 Å². The molecule has 0 aliphatic heterocycles. The van der Waals surface area contributed by atoms with Gasteiger partial charge in [0.05, 0.1) is 9.40 Å². The highest BCUT2D eigenvalue weighted by Gasteiger charge is 2.19. The number of halogens is 2. The summed E-state index contributed by atoms with van der Waals surface area (Å²) >= 11 is 3.85. The molecule has 0 unspecified atom stereocenters. The molecule has 7 nitrogen and oxygen atoms in total. The highest BCUT2D eigenvalue weighted by Crippen LogP contribution is 2.33. The number of nitrogens with zero attached hydrogens (tertiary/aromatic N) is 3. The Balaban J connectivity index is 2.26. The van der Waals surface area contributed by atoms with Gasteiger partial charge in [-0.15, -0.1) is 5.10 Å². The van der Waals surface area contributed by atoms with Gasteiger partial charge in [-0.25, -0.2) is 4.39 Å². The molecule has 10 heteroatoms. The van der Waals surface area contributed by atoms with Crippen LogP contribution in [-0.2, 0) is 6.61 Å². The van der Waals surface area contributed by atoms with Crippen molar-refractivity contribution in [3.05, 3.63) is 38.2 Å². The minimum Gasteiger partial charge on any atom is -0.480 e. The molecule has 2 N–H and O–H groups in total. The molecule has 1 aromatic heterocycles. The van der Waals surface area contributed by atoms with Gasteiger partial charge in [-0.3, -0.25) is 10.1 Å². The number of anilines is 1. The normalized spacial score (nSPS) is 10.4. The minimum atomic E-state index is -0.664. The number of hydrogen-bond donors (Lipinski definition) is 1. The molecular formula is C9H6BrFN4O3S. The Labute approximate surface area is 118 Å². The van der Waals surface area contributed by atoms with E-state index in [9.17, 15) is 14.5 Å². The monoisotopic (exact) mass is 348 g/mol. The quantitative estimate of drug-likeness (QED) is 0.672. The van der Waals surface area contributed by atoms with E-state index >= 15 is 0 Å². The summed E-state index contributed by atoms with van der Waals surface area (Å²) in [6, 6.07) is 1.96. The van der Waals surface area contributed by atoms with E-state index in [-0.39, 0.29) is 22.5 Å². The Morgan fingerprint density at radius 3 is 2.89 bits per heavy atom. The zero-order chi connectivity index (χ0) is 14.0. The first-order valence-corrected chi connectivity index (χ1v) is 6.38. The minimum absolute atomic E-state index is 0.0126. The lowest BCUT2D eigenvalue weighted by Crippen LogP contribution is -2.02. The lowest BCUT2D eigenvalue weighted by Gasteiger charge is -2.06. The Kier molecular flexibility index (Phi) is 3.90. The molecule has 0 spiro atoms. The van der Waals surface area contributed by atoms with Gasteiger partial charge in [0.2, 0.25) is 5.75 Å². The highest BCUT2D eigenvalue weighted by molar-refractivity contribution is 9.10. The third-order valence-electron chi connectivity index (χ3n) is 2.15. The number of nitrogen functional groups attached to an aromatic ring is 1. The smallest absolute Gasteiger partial charge is 0.312 e. The number of nitrogens with two attached hydrogens (primary N) is 1. The van der Waals surface area contributed by atoms with Crippen molar-refractivity contribution in [2.24, 2.45) is 0 Å². The second-order valence-electron chi connectivity index (χ2n) is 3.36. The molecule has 0 radical (unpaired) electrons. The summed E-state index contributed by atoms with van der Waals surface area (Å²) in [6.07, 6.45) is 0. The molecule has 0 fully saturated rings. The summed E-state index contributed by atoms with van der Waals surface area (Å²) in [5.41, 5.74) is 5.55. The van der Waals surface area contributed by atoms with Crippen LogP contribution in [-0.4, -0.2) is 14.5 Å². The van der Waals surface area contributed by atoms with E-state index < -0.39 is 10.7 Å². The molecule has 1 aromatic carbocycles. The molecule has 0 saturated heterocycles. The zero-order valence-corrected chi connectivity index (χ0v) is 11.6. The number of nitro groups is 1. The van der Waals surface area contributed by atoms with E-state index in [1.165, 1.54) is 0 Å². The third kappa shape index (κ3) is 2.96. The first-order chi connectivity index (χ1) is 8.99. The summed E-state index contributed by atoms with van der Waals surface area (Å²) in [6.45, 7) is -0.121. The Morgan fingerprint density at radius 1 is 1.58 bits per heavy atom. The van der Waals surface area contributed by atoms with E-state index in [4.69, 9.17) is 10.5 Å². The Hall–Kier alpha value is -1.81. The fraction of sp³-hybridized carbons (Fsp3) is 0.111. The molecule has 19 heavy (non-hydrogen) atoms. The zero-order valence-electron chi connectivity index (χ0n) is 9.17.